The highest BCUT2D eigenvalue weighted by Gasteiger charge is 2.08. The Hall–Kier alpha value is -2.95. The van der Waals surface area contributed by atoms with Gasteiger partial charge in [-0.25, -0.2) is 4.99 Å². The third-order valence-corrected chi connectivity index (χ3v) is 4.01. The second-order valence-corrected chi connectivity index (χ2v) is 5.84. The third-order valence-electron chi connectivity index (χ3n) is 4.01. The summed E-state index contributed by atoms with van der Waals surface area (Å²) in [6.07, 6.45) is 0. The number of rotatable bonds is 7. The molecule has 1 atom stereocenters. The molecule has 2 aromatic rings. The SMILES string of the molecule is C=C(/N=C(\C)c1ccc(N)c(OC)c1)NC(C)c1cccc(NC)c1. The summed E-state index contributed by atoms with van der Waals surface area (Å²) in [6.45, 7) is 8.03. The molecule has 132 valence electrons. The minimum atomic E-state index is 0.0957. The lowest BCUT2D eigenvalue weighted by molar-refractivity contribution is 0.417. The Labute approximate surface area is 149 Å². The summed E-state index contributed by atoms with van der Waals surface area (Å²) in [7, 11) is 3.51. The summed E-state index contributed by atoms with van der Waals surface area (Å²) in [5.74, 6) is 1.25. The molecule has 0 aliphatic heterocycles. The standard InChI is InChI=1S/C20H26N4O/c1-13(16-7-6-8-18(11-16)22-4)23-15(3)24-14(2)17-9-10-19(21)20(12-17)25-5/h6-13,22-23H,3,21H2,1-2,4-5H3/b24-14+. The fourth-order valence-corrected chi connectivity index (χ4v) is 2.53. The van der Waals surface area contributed by atoms with E-state index < -0.39 is 0 Å². The highest BCUT2D eigenvalue weighted by Crippen LogP contribution is 2.23. The average Bonchev–Trinajstić information content (AvgIpc) is 2.61. The van der Waals surface area contributed by atoms with Crippen LogP contribution >= 0.6 is 0 Å². The zero-order valence-corrected chi connectivity index (χ0v) is 15.3. The van der Waals surface area contributed by atoms with E-state index in [0.29, 0.717) is 17.3 Å². The van der Waals surface area contributed by atoms with Gasteiger partial charge in [0.25, 0.3) is 0 Å². The topological polar surface area (TPSA) is 71.7 Å². The van der Waals surface area contributed by atoms with Crippen molar-refractivity contribution in [1.82, 2.24) is 5.32 Å². The second-order valence-electron chi connectivity index (χ2n) is 5.84. The Bertz CT molecular complexity index is 783. The van der Waals surface area contributed by atoms with Crippen LogP contribution in [0.5, 0.6) is 5.75 Å². The van der Waals surface area contributed by atoms with Crippen molar-refractivity contribution in [1.29, 1.82) is 0 Å². The Morgan fingerprint density at radius 2 is 2.00 bits per heavy atom. The van der Waals surface area contributed by atoms with Crippen LogP contribution < -0.4 is 21.1 Å². The Balaban J connectivity index is 2.10. The van der Waals surface area contributed by atoms with E-state index in [1.807, 2.05) is 44.3 Å². The van der Waals surface area contributed by atoms with Crippen molar-refractivity contribution >= 4 is 17.1 Å². The highest BCUT2D eigenvalue weighted by atomic mass is 16.5. The van der Waals surface area contributed by atoms with E-state index in [9.17, 15) is 0 Å². The van der Waals surface area contributed by atoms with Crippen molar-refractivity contribution in [2.24, 2.45) is 4.99 Å². The van der Waals surface area contributed by atoms with Gasteiger partial charge in [-0.05, 0) is 49.2 Å². The predicted octanol–water partition coefficient (Wildman–Crippen LogP) is 3.95. The number of hydrogen-bond donors (Lipinski definition) is 3. The molecule has 0 saturated carbocycles. The summed E-state index contributed by atoms with van der Waals surface area (Å²) in [5, 5.41) is 6.47. The van der Waals surface area contributed by atoms with Gasteiger partial charge in [-0.1, -0.05) is 24.8 Å². The summed E-state index contributed by atoms with van der Waals surface area (Å²) < 4.78 is 5.26. The highest BCUT2D eigenvalue weighted by molar-refractivity contribution is 6.00. The van der Waals surface area contributed by atoms with Gasteiger partial charge in [0.05, 0.1) is 12.8 Å². The lowest BCUT2D eigenvalue weighted by Gasteiger charge is -2.17. The first kappa shape index (κ1) is 18.4. The molecule has 5 nitrogen and oxygen atoms in total. The van der Waals surface area contributed by atoms with E-state index in [4.69, 9.17) is 10.5 Å². The largest absolute Gasteiger partial charge is 0.495 e. The molecule has 0 saturated heterocycles. The molecular formula is C20H26N4O. The van der Waals surface area contributed by atoms with E-state index in [-0.39, 0.29) is 6.04 Å². The number of ether oxygens (including phenoxy) is 1. The molecule has 0 amide bonds. The van der Waals surface area contributed by atoms with Gasteiger partial charge in [-0.2, -0.15) is 0 Å². The molecule has 0 fully saturated rings. The minimum absolute atomic E-state index is 0.0957. The summed E-state index contributed by atoms with van der Waals surface area (Å²) in [4.78, 5) is 4.56. The fraction of sp³-hybridized carbons (Fsp3) is 0.250. The zero-order chi connectivity index (χ0) is 18.4. The molecule has 0 heterocycles. The monoisotopic (exact) mass is 338 g/mol. The van der Waals surface area contributed by atoms with Crippen LogP contribution in [0.4, 0.5) is 11.4 Å². The number of nitrogens with two attached hydrogens (primary N) is 1. The Morgan fingerprint density at radius 3 is 2.68 bits per heavy atom. The van der Waals surface area contributed by atoms with Gasteiger partial charge in [0.1, 0.15) is 11.6 Å². The molecule has 1 unspecified atom stereocenters. The van der Waals surface area contributed by atoms with Crippen LogP contribution in [0.2, 0.25) is 0 Å². The number of aliphatic imine (C=N–C) groups is 1. The minimum Gasteiger partial charge on any atom is -0.495 e. The maximum Gasteiger partial charge on any atom is 0.142 e. The van der Waals surface area contributed by atoms with E-state index in [2.05, 4.69) is 41.3 Å². The van der Waals surface area contributed by atoms with Crippen LogP contribution in [0.15, 0.2) is 59.9 Å². The van der Waals surface area contributed by atoms with Crippen molar-refractivity contribution in [3.05, 3.63) is 66.0 Å². The van der Waals surface area contributed by atoms with Gasteiger partial charge >= 0.3 is 0 Å². The fourth-order valence-electron chi connectivity index (χ4n) is 2.53. The van der Waals surface area contributed by atoms with Crippen molar-refractivity contribution < 1.29 is 4.74 Å². The molecule has 0 bridgehead atoms. The number of hydrogen-bond acceptors (Lipinski definition) is 5. The maximum absolute atomic E-state index is 5.86. The molecule has 0 aliphatic carbocycles. The smallest absolute Gasteiger partial charge is 0.142 e. The first-order chi connectivity index (χ1) is 11.9. The van der Waals surface area contributed by atoms with E-state index in [1.54, 1.807) is 7.11 Å². The van der Waals surface area contributed by atoms with Crippen molar-refractivity contribution in [3.63, 3.8) is 0 Å². The van der Waals surface area contributed by atoms with E-state index >= 15 is 0 Å². The number of benzene rings is 2. The van der Waals surface area contributed by atoms with Crippen LogP contribution in [0.25, 0.3) is 0 Å². The molecule has 5 heteroatoms. The van der Waals surface area contributed by atoms with E-state index in [1.165, 1.54) is 0 Å². The predicted molar refractivity (Wildman–Crippen MR) is 106 cm³/mol. The van der Waals surface area contributed by atoms with E-state index in [0.717, 1.165) is 22.5 Å². The molecule has 0 aliphatic rings. The van der Waals surface area contributed by atoms with Crippen LogP contribution in [-0.2, 0) is 0 Å². The Kier molecular flexibility index (Phi) is 6.06. The lowest BCUT2D eigenvalue weighted by Crippen LogP contribution is -2.17. The first-order valence-electron chi connectivity index (χ1n) is 8.17. The number of nitrogens with one attached hydrogen (secondary N) is 2. The van der Waals surface area contributed by atoms with Crippen LogP contribution in [0.1, 0.15) is 31.0 Å². The van der Waals surface area contributed by atoms with Gasteiger partial charge in [0.2, 0.25) is 0 Å². The average molecular weight is 338 g/mol. The number of methoxy groups -OCH3 is 1. The van der Waals surface area contributed by atoms with Gasteiger partial charge in [0, 0.05) is 24.5 Å². The summed E-state index contributed by atoms with van der Waals surface area (Å²) in [5.41, 5.74) is 10.5. The zero-order valence-electron chi connectivity index (χ0n) is 15.3. The lowest BCUT2D eigenvalue weighted by atomic mass is 10.1. The number of anilines is 2. The molecule has 2 rings (SSSR count). The van der Waals surface area contributed by atoms with Crippen LogP contribution in [0.3, 0.4) is 0 Å². The molecule has 0 spiro atoms. The van der Waals surface area contributed by atoms with Crippen molar-refractivity contribution in [2.75, 3.05) is 25.2 Å². The van der Waals surface area contributed by atoms with Crippen molar-refractivity contribution in [3.8, 4) is 5.75 Å². The molecule has 2 aromatic carbocycles. The maximum atomic E-state index is 5.86. The second kappa shape index (κ2) is 8.24. The van der Waals surface area contributed by atoms with Gasteiger partial charge < -0.3 is 21.1 Å². The van der Waals surface area contributed by atoms with Gasteiger partial charge in [-0.3, -0.25) is 0 Å². The normalized spacial score (nSPS) is 12.4. The Morgan fingerprint density at radius 1 is 1.24 bits per heavy atom. The molecule has 4 N–H and O–H groups in total. The summed E-state index contributed by atoms with van der Waals surface area (Å²) in [6, 6.07) is 13.9. The molecule has 25 heavy (non-hydrogen) atoms. The van der Waals surface area contributed by atoms with Crippen LogP contribution in [-0.4, -0.2) is 19.9 Å². The molecule has 0 radical (unpaired) electrons. The van der Waals surface area contributed by atoms with Gasteiger partial charge in [0.15, 0.2) is 0 Å². The van der Waals surface area contributed by atoms with Crippen LogP contribution in [0, 0.1) is 0 Å². The number of nitrogen functional groups attached to an aromatic ring is 1. The molecular weight excluding hydrogens is 312 g/mol. The van der Waals surface area contributed by atoms with Crippen molar-refractivity contribution in [2.45, 2.75) is 19.9 Å². The quantitative estimate of drug-likeness (QED) is 0.528. The van der Waals surface area contributed by atoms with Gasteiger partial charge in [-0.15, -0.1) is 0 Å². The summed E-state index contributed by atoms with van der Waals surface area (Å²) >= 11 is 0. The third kappa shape index (κ3) is 4.76. The molecule has 0 aromatic heterocycles. The number of nitrogens with zero attached hydrogens (tertiary/aromatic N) is 1. The first-order valence-corrected chi connectivity index (χ1v) is 8.17.